The lowest BCUT2D eigenvalue weighted by atomic mass is 10.1. The van der Waals surface area contributed by atoms with E-state index in [-0.39, 0.29) is 11.8 Å². The monoisotopic (exact) mass is 228 g/mol. The Morgan fingerprint density at radius 1 is 1.31 bits per heavy atom. The maximum atomic E-state index is 11.2. The van der Waals surface area contributed by atoms with Crippen LogP contribution in [-0.4, -0.2) is 40.4 Å². The first-order valence-electron chi connectivity index (χ1n) is 5.34. The van der Waals surface area contributed by atoms with Gasteiger partial charge in [0, 0.05) is 19.4 Å². The lowest BCUT2D eigenvalue weighted by Gasteiger charge is -2.13. The Bertz CT molecular complexity index is 287. The fraction of sp³-hybridized carbons (Fsp3) is 0.700. The maximum Gasteiger partial charge on any atom is 0.320 e. The summed E-state index contributed by atoms with van der Waals surface area (Å²) in [4.78, 5) is 34.1. The van der Waals surface area contributed by atoms with E-state index in [9.17, 15) is 14.4 Å². The molecular formula is C10H16N2O4. The van der Waals surface area contributed by atoms with Gasteiger partial charge in [-0.2, -0.15) is 0 Å². The number of carboxylic acids is 1. The summed E-state index contributed by atoms with van der Waals surface area (Å²) in [5.74, 6) is -1.28. The van der Waals surface area contributed by atoms with Crippen molar-refractivity contribution >= 4 is 17.8 Å². The van der Waals surface area contributed by atoms with Gasteiger partial charge in [0.05, 0.1) is 0 Å². The average Bonchev–Trinajstić information content (AvgIpc) is 2.54. The molecule has 1 heterocycles. The van der Waals surface area contributed by atoms with Crippen LogP contribution in [0.2, 0.25) is 0 Å². The van der Waals surface area contributed by atoms with E-state index in [0.29, 0.717) is 38.6 Å². The molecule has 1 atom stereocenters. The van der Waals surface area contributed by atoms with E-state index >= 15 is 0 Å². The molecule has 1 rings (SSSR count). The first-order chi connectivity index (χ1) is 7.52. The minimum Gasteiger partial charge on any atom is -0.480 e. The Morgan fingerprint density at radius 3 is 2.38 bits per heavy atom. The Morgan fingerprint density at radius 2 is 1.88 bits per heavy atom. The largest absolute Gasteiger partial charge is 0.480 e. The van der Waals surface area contributed by atoms with Crippen LogP contribution < -0.4 is 5.73 Å². The number of nitrogens with two attached hydrogens (primary N) is 1. The fourth-order valence-electron chi connectivity index (χ4n) is 1.63. The van der Waals surface area contributed by atoms with Crippen LogP contribution in [0.5, 0.6) is 0 Å². The van der Waals surface area contributed by atoms with E-state index in [2.05, 4.69) is 0 Å². The van der Waals surface area contributed by atoms with E-state index in [1.54, 1.807) is 0 Å². The van der Waals surface area contributed by atoms with E-state index in [0.717, 1.165) is 0 Å². The molecule has 0 bridgehead atoms. The number of aliphatic carboxylic acids is 1. The number of carbonyl (C=O) groups excluding carboxylic acids is 2. The third-order valence-corrected chi connectivity index (χ3v) is 2.62. The third kappa shape index (κ3) is 3.30. The van der Waals surface area contributed by atoms with Gasteiger partial charge in [0.25, 0.3) is 0 Å². The molecular weight excluding hydrogens is 212 g/mol. The molecule has 1 aliphatic heterocycles. The van der Waals surface area contributed by atoms with Gasteiger partial charge < -0.3 is 10.8 Å². The van der Waals surface area contributed by atoms with Gasteiger partial charge in [-0.25, -0.2) is 0 Å². The lowest BCUT2D eigenvalue weighted by Crippen LogP contribution is -2.32. The summed E-state index contributed by atoms with van der Waals surface area (Å²) in [5.41, 5.74) is 5.32. The molecule has 0 aromatic heterocycles. The van der Waals surface area contributed by atoms with E-state index in [4.69, 9.17) is 10.8 Å². The van der Waals surface area contributed by atoms with E-state index in [1.165, 1.54) is 4.90 Å². The molecule has 0 aliphatic carbocycles. The average molecular weight is 228 g/mol. The molecule has 0 aromatic carbocycles. The van der Waals surface area contributed by atoms with Crippen LogP contribution >= 0.6 is 0 Å². The van der Waals surface area contributed by atoms with Gasteiger partial charge in [-0.05, 0) is 19.3 Å². The molecule has 90 valence electrons. The molecule has 0 aromatic rings. The van der Waals surface area contributed by atoms with Crippen LogP contribution in [0.25, 0.3) is 0 Å². The van der Waals surface area contributed by atoms with Gasteiger partial charge in [0.1, 0.15) is 6.04 Å². The first kappa shape index (κ1) is 12.6. The number of hydrogen-bond donors (Lipinski definition) is 2. The second-order valence-electron chi connectivity index (χ2n) is 3.88. The van der Waals surface area contributed by atoms with Gasteiger partial charge in [0.2, 0.25) is 11.8 Å². The first-order valence-corrected chi connectivity index (χ1v) is 5.34. The SMILES string of the molecule is N[C@@H](CCCCN1C(=O)CCC1=O)C(=O)O. The zero-order valence-corrected chi connectivity index (χ0v) is 9.02. The van der Waals surface area contributed by atoms with Crippen LogP contribution in [0.15, 0.2) is 0 Å². The van der Waals surface area contributed by atoms with Crippen molar-refractivity contribution in [2.45, 2.75) is 38.1 Å². The standard InChI is InChI=1S/C10H16N2O4/c11-7(10(15)16)3-1-2-6-12-8(13)4-5-9(12)14/h7H,1-6,11H2,(H,15,16)/t7-/m0/s1. The van der Waals surface area contributed by atoms with Gasteiger partial charge in [0.15, 0.2) is 0 Å². The highest BCUT2D eigenvalue weighted by Crippen LogP contribution is 2.13. The van der Waals surface area contributed by atoms with Crippen LogP contribution in [0.3, 0.4) is 0 Å². The second-order valence-corrected chi connectivity index (χ2v) is 3.88. The van der Waals surface area contributed by atoms with Crippen LogP contribution in [0.4, 0.5) is 0 Å². The molecule has 0 radical (unpaired) electrons. The van der Waals surface area contributed by atoms with E-state index in [1.807, 2.05) is 0 Å². The minimum atomic E-state index is -1.02. The summed E-state index contributed by atoms with van der Waals surface area (Å²) in [6.07, 6.45) is 2.18. The number of nitrogens with zero attached hydrogens (tertiary/aromatic N) is 1. The van der Waals surface area contributed by atoms with Crippen LogP contribution in [0.1, 0.15) is 32.1 Å². The number of hydrogen-bond acceptors (Lipinski definition) is 4. The number of likely N-dealkylation sites (tertiary alicyclic amines) is 1. The Hall–Kier alpha value is -1.43. The quantitative estimate of drug-likeness (QED) is 0.481. The van der Waals surface area contributed by atoms with Crippen molar-refractivity contribution in [3.05, 3.63) is 0 Å². The van der Waals surface area contributed by atoms with Crippen molar-refractivity contribution in [1.29, 1.82) is 0 Å². The Labute approximate surface area is 93.4 Å². The summed E-state index contributed by atoms with van der Waals surface area (Å²) in [6, 6.07) is -0.856. The van der Waals surface area contributed by atoms with E-state index < -0.39 is 12.0 Å². The molecule has 1 fully saturated rings. The normalized spacial score (nSPS) is 17.9. The van der Waals surface area contributed by atoms with Gasteiger partial charge in [-0.15, -0.1) is 0 Å². The smallest absolute Gasteiger partial charge is 0.320 e. The van der Waals surface area contributed by atoms with Crippen molar-refractivity contribution in [2.75, 3.05) is 6.54 Å². The highest BCUT2D eigenvalue weighted by atomic mass is 16.4. The number of rotatable bonds is 6. The molecule has 1 saturated heterocycles. The predicted octanol–water partition coefficient (Wildman–Crippen LogP) is -0.282. The highest BCUT2D eigenvalue weighted by Gasteiger charge is 2.27. The molecule has 1 aliphatic rings. The Balaban J connectivity index is 2.18. The zero-order chi connectivity index (χ0) is 12.1. The molecule has 0 saturated carbocycles. The number of amides is 2. The van der Waals surface area contributed by atoms with Crippen LogP contribution in [0, 0.1) is 0 Å². The summed E-state index contributed by atoms with van der Waals surface area (Å²) in [6.45, 7) is 0.379. The molecule has 0 unspecified atom stereocenters. The number of carbonyl (C=O) groups is 3. The van der Waals surface area contributed by atoms with Gasteiger partial charge in [-0.1, -0.05) is 0 Å². The number of carboxylic acid groups (broad SMARTS) is 1. The maximum absolute atomic E-state index is 11.2. The minimum absolute atomic E-state index is 0.132. The van der Waals surface area contributed by atoms with Gasteiger partial charge >= 0.3 is 5.97 Å². The lowest BCUT2D eigenvalue weighted by molar-refractivity contribution is -0.140. The zero-order valence-electron chi connectivity index (χ0n) is 9.02. The van der Waals surface area contributed by atoms with Crippen molar-refractivity contribution in [3.63, 3.8) is 0 Å². The summed E-state index contributed by atoms with van der Waals surface area (Å²) in [5, 5.41) is 8.53. The summed E-state index contributed by atoms with van der Waals surface area (Å²) >= 11 is 0. The van der Waals surface area contributed by atoms with Crippen molar-refractivity contribution in [1.82, 2.24) is 4.90 Å². The van der Waals surface area contributed by atoms with Crippen molar-refractivity contribution < 1.29 is 19.5 Å². The Kier molecular flexibility index (Phi) is 4.42. The fourth-order valence-corrected chi connectivity index (χ4v) is 1.63. The number of imide groups is 1. The second kappa shape index (κ2) is 5.60. The summed E-state index contributed by atoms with van der Waals surface area (Å²) in [7, 11) is 0. The third-order valence-electron chi connectivity index (χ3n) is 2.62. The summed E-state index contributed by atoms with van der Waals surface area (Å²) < 4.78 is 0. The topological polar surface area (TPSA) is 101 Å². The highest BCUT2D eigenvalue weighted by molar-refractivity contribution is 6.01. The molecule has 16 heavy (non-hydrogen) atoms. The molecule has 3 N–H and O–H groups in total. The van der Waals surface area contributed by atoms with Crippen molar-refractivity contribution in [3.8, 4) is 0 Å². The predicted molar refractivity (Wildman–Crippen MR) is 55.4 cm³/mol. The van der Waals surface area contributed by atoms with Crippen LogP contribution in [-0.2, 0) is 14.4 Å². The van der Waals surface area contributed by atoms with Crippen molar-refractivity contribution in [2.24, 2.45) is 5.73 Å². The molecule has 0 spiro atoms. The molecule has 2 amide bonds. The van der Waals surface area contributed by atoms with Gasteiger partial charge in [-0.3, -0.25) is 19.3 Å². The molecule has 6 nitrogen and oxygen atoms in total. The molecule has 6 heteroatoms. The number of unbranched alkanes of at least 4 members (excludes halogenated alkanes) is 1.